The van der Waals surface area contributed by atoms with E-state index in [-0.39, 0.29) is 12.5 Å². The van der Waals surface area contributed by atoms with Gasteiger partial charge in [0.2, 0.25) is 0 Å². The first-order valence-corrected chi connectivity index (χ1v) is 7.09. The highest BCUT2D eigenvalue weighted by molar-refractivity contribution is 5.93. The Hall–Kier alpha value is -1.49. The molecule has 1 aliphatic rings. The fraction of sp³-hybridized carbons (Fsp3) is 0.643. The Balaban J connectivity index is 1.76. The number of amides is 1. The van der Waals surface area contributed by atoms with E-state index in [1.807, 2.05) is 10.8 Å². The van der Waals surface area contributed by atoms with Crippen molar-refractivity contribution in [1.29, 1.82) is 0 Å². The predicted octanol–water partition coefficient (Wildman–Crippen LogP) is 1.69. The van der Waals surface area contributed by atoms with Gasteiger partial charge in [-0.25, -0.2) is 0 Å². The topological polar surface area (TPSA) is 80.3 Å². The van der Waals surface area contributed by atoms with Crippen LogP contribution >= 0.6 is 0 Å². The van der Waals surface area contributed by atoms with E-state index in [0.717, 1.165) is 38.5 Å². The summed E-state index contributed by atoms with van der Waals surface area (Å²) in [5.74, 6) is -0.0363. The second kappa shape index (κ2) is 6.61. The van der Waals surface area contributed by atoms with E-state index < -0.39 is 0 Å². The first kappa shape index (κ1) is 13.9. The Kier molecular flexibility index (Phi) is 4.85. The zero-order valence-corrected chi connectivity index (χ0v) is 11.3. The second-order valence-corrected chi connectivity index (χ2v) is 5.19. The lowest BCUT2D eigenvalue weighted by atomic mass is 10.2. The number of nitrogen functional groups attached to an aromatic ring is 1. The summed E-state index contributed by atoms with van der Waals surface area (Å²) in [6.07, 6.45) is 7.96. The molecular formula is C14H23N3O2. The van der Waals surface area contributed by atoms with Gasteiger partial charge < -0.3 is 20.7 Å². The molecule has 1 aliphatic carbocycles. The van der Waals surface area contributed by atoms with Gasteiger partial charge in [0.15, 0.2) is 0 Å². The molecule has 0 spiro atoms. The summed E-state index contributed by atoms with van der Waals surface area (Å²) < 4.78 is 2.00. The molecule has 0 atom stereocenters. The van der Waals surface area contributed by atoms with Crippen LogP contribution in [0.2, 0.25) is 0 Å². The SMILES string of the molecule is Nc1cc(C(=O)NCCCCCCO)n(C2CC2)c1. The molecule has 0 unspecified atom stereocenters. The van der Waals surface area contributed by atoms with Crippen molar-refractivity contribution >= 4 is 11.6 Å². The highest BCUT2D eigenvalue weighted by Crippen LogP contribution is 2.37. The Morgan fingerprint density at radius 1 is 1.37 bits per heavy atom. The molecule has 106 valence electrons. The number of aliphatic hydroxyl groups is 1. The van der Waals surface area contributed by atoms with Crippen LogP contribution in [0.25, 0.3) is 0 Å². The molecule has 1 aromatic rings. The lowest BCUT2D eigenvalue weighted by Gasteiger charge is -2.08. The first-order chi connectivity index (χ1) is 9.22. The van der Waals surface area contributed by atoms with Crippen molar-refractivity contribution in [3.8, 4) is 0 Å². The quantitative estimate of drug-likeness (QED) is 0.626. The Labute approximate surface area is 113 Å². The highest BCUT2D eigenvalue weighted by Gasteiger charge is 2.27. The Morgan fingerprint density at radius 2 is 2.11 bits per heavy atom. The smallest absolute Gasteiger partial charge is 0.267 e. The molecular weight excluding hydrogens is 242 g/mol. The summed E-state index contributed by atoms with van der Waals surface area (Å²) in [6.45, 7) is 0.931. The summed E-state index contributed by atoms with van der Waals surface area (Å²) in [4.78, 5) is 12.1. The van der Waals surface area contributed by atoms with E-state index in [1.165, 1.54) is 0 Å². The monoisotopic (exact) mass is 265 g/mol. The van der Waals surface area contributed by atoms with Crippen LogP contribution in [0, 0.1) is 0 Å². The van der Waals surface area contributed by atoms with Crippen LogP contribution in [0.1, 0.15) is 55.1 Å². The van der Waals surface area contributed by atoms with Crippen LogP contribution in [-0.2, 0) is 0 Å². The number of aromatic nitrogens is 1. The molecule has 1 aromatic heterocycles. The molecule has 0 bridgehead atoms. The maximum atomic E-state index is 12.1. The molecule has 0 aliphatic heterocycles. The number of nitrogens with one attached hydrogen (secondary N) is 1. The number of rotatable bonds is 8. The van der Waals surface area contributed by atoms with Gasteiger partial charge in [-0.1, -0.05) is 12.8 Å². The van der Waals surface area contributed by atoms with Crippen LogP contribution in [0.4, 0.5) is 5.69 Å². The van der Waals surface area contributed by atoms with Gasteiger partial charge in [0, 0.05) is 25.4 Å². The number of anilines is 1. The van der Waals surface area contributed by atoms with E-state index in [4.69, 9.17) is 10.8 Å². The average Bonchev–Trinajstić information content (AvgIpc) is 3.16. The normalized spacial score (nSPS) is 14.6. The van der Waals surface area contributed by atoms with Gasteiger partial charge in [-0.05, 0) is 31.7 Å². The van der Waals surface area contributed by atoms with E-state index >= 15 is 0 Å². The van der Waals surface area contributed by atoms with Crippen molar-refractivity contribution in [3.63, 3.8) is 0 Å². The Bertz CT molecular complexity index is 424. The van der Waals surface area contributed by atoms with Crippen molar-refractivity contribution in [2.24, 2.45) is 0 Å². The molecule has 5 nitrogen and oxygen atoms in total. The lowest BCUT2D eigenvalue weighted by molar-refractivity contribution is 0.0943. The van der Waals surface area contributed by atoms with Gasteiger partial charge in [-0.3, -0.25) is 4.79 Å². The molecule has 1 amide bonds. The third-order valence-electron chi connectivity index (χ3n) is 3.41. The van der Waals surface area contributed by atoms with E-state index in [0.29, 0.717) is 24.0 Å². The maximum Gasteiger partial charge on any atom is 0.267 e. The molecule has 4 N–H and O–H groups in total. The molecule has 5 heteroatoms. The standard InChI is InChI=1S/C14H23N3O2/c15-11-9-13(17(10-11)12-5-6-12)14(19)16-7-3-1-2-4-8-18/h9-10,12,18H,1-8,15H2,(H,16,19). The molecule has 19 heavy (non-hydrogen) atoms. The summed E-state index contributed by atoms with van der Waals surface area (Å²) in [7, 11) is 0. The van der Waals surface area contributed by atoms with Crippen molar-refractivity contribution in [2.45, 2.75) is 44.6 Å². The minimum absolute atomic E-state index is 0.0363. The van der Waals surface area contributed by atoms with Crippen LogP contribution in [0.15, 0.2) is 12.3 Å². The minimum atomic E-state index is -0.0363. The average molecular weight is 265 g/mol. The number of carbonyl (C=O) groups is 1. The Morgan fingerprint density at radius 3 is 2.79 bits per heavy atom. The number of nitrogens with zero attached hydrogens (tertiary/aromatic N) is 1. The van der Waals surface area contributed by atoms with E-state index in [9.17, 15) is 4.79 Å². The first-order valence-electron chi connectivity index (χ1n) is 7.09. The maximum absolute atomic E-state index is 12.1. The van der Waals surface area contributed by atoms with Crippen LogP contribution in [0.5, 0.6) is 0 Å². The minimum Gasteiger partial charge on any atom is -0.397 e. The van der Waals surface area contributed by atoms with Crippen LogP contribution in [0.3, 0.4) is 0 Å². The van der Waals surface area contributed by atoms with Gasteiger partial charge in [0.25, 0.3) is 5.91 Å². The van der Waals surface area contributed by atoms with Gasteiger partial charge in [0.05, 0.1) is 5.69 Å². The van der Waals surface area contributed by atoms with Crippen LogP contribution in [-0.4, -0.2) is 28.7 Å². The van der Waals surface area contributed by atoms with Crippen molar-refractivity contribution in [3.05, 3.63) is 18.0 Å². The van der Waals surface area contributed by atoms with Gasteiger partial charge in [-0.2, -0.15) is 0 Å². The summed E-state index contributed by atoms with van der Waals surface area (Å²) in [5.41, 5.74) is 7.10. The lowest BCUT2D eigenvalue weighted by Crippen LogP contribution is -2.26. The zero-order chi connectivity index (χ0) is 13.7. The summed E-state index contributed by atoms with van der Waals surface area (Å²) >= 11 is 0. The van der Waals surface area contributed by atoms with Gasteiger partial charge in [0.1, 0.15) is 5.69 Å². The van der Waals surface area contributed by atoms with Crippen molar-refractivity contribution < 1.29 is 9.90 Å². The van der Waals surface area contributed by atoms with Gasteiger partial charge >= 0.3 is 0 Å². The molecule has 1 heterocycles. The number of hydrogen-bond acceptors (Lipinski definition) is 3. The highest BCUT2D eigenvalue weighted by atomic mass is 16.2. The molecule has 2 rings (SSSR count). The molecule has 0 aromatic carbocycles. The van der Waals surface area contributed by atoms with Crippen LogP contribution < -0.4 is 11.1 Å². The van der Waals surface area contributed by atoms with Crippen molar-refractivity contribution in [1.82, 2.24) is 9.88 Å². The van der Waals surface area contributed by atoms with E-state index in [1.54, 1.807) is 6.07 Å². The number of unbranched alkanes of at least 4 members (excludes halogenated alkanes) is 3. The second-order valence-electron chi connectivity index (χ2n) is 5.19. The molecule has 0 radical (unpaired) electrons. The molecule has 1 saturated carbocycles. The number of hydrogen-bond donors (Lipinski definition) is 3. The zero-order valence-electron chi connectivity index (χ0n) is 11.3. The predicted molar refractivity (Wildman–Crippen MR) is 75.0 cm³/mol. The van der Waals surface area contributed by atoms with E-state index in [2.05, 4.69) is 5.32 Å². The number of carbonyl (C=O) groups excluding carboxylic acids is 1. The largest absolute Gasteiger partial charge is 0.397 e. The molecule has 0 saturated heterocycles. The third-order valence-corrected chi connectivity index (χ3v) is 3.41. The molecule has 1 fully saturated rings. The fourth-order valence-electron chi connectivity index (χ4n) is 2.22. The summed E-state index contributed by atoms with van der Waals surface area (Å²) in [6, 6.07) is 2.21. The summed E-state index contributed by atoms with van der Waals surface area (Å²) in [5, 5.41) is 11.6. The number of aliphatic hydroxyl groups excluding tert-OH is 1. The van der Waals surface area contributed by atoms with Gasteiger partial charge in [-0.15, -0.1) is 0 Å². The third kappa shape index (κ3) is 3.99. The fourth-order valence-corrected chi connectivity index (χ4v) is 2.22. The number of nitrogens with two attached hydrogens (primary N) is 1. The van der Waals surface area contributed by atoms with Crippen molar-refractivity contribution in [2.75, 3.05) is 18.9 Å².